The minimum absolute atomic E-state index is 0.0231. The van der Waals surface area contributed by atoms with Crippen molar-refractivity contribution in [2.24, 2.45) is 0 Å². The van der Waals surface area contributed by atoms with Crippen molar-refractivity contribution in [3.63, 3.8) is 0 Å². The molecular weight excluding hydrogens is 169 g/mol. The summed E-state index contributed by atoms with van der Waals surface area (Å²) in [5.41, 5.74) is -0.0231. The minimum Gasteiger partial charge on any atom is -0.294 e. The van der Waals surface area contributed by atoms with E-state index in [4.69, 9.17) is 11.6 Å². The van der Waals surface area contributed by atoms with E-state index in [1.807, 2.05) is 0 Å². The summed E-state index contributed by atoms with van der Waals surface area (Å²) in [5.74, 6) is -0.992. The van der Waals surface area contributed by atoms with Gasteiger partial charge in [0, 0.05) is 0 Å². The van der Waals surface area contributed by atoms with Gasteiger partial charge in [-0.2, -0.15) is 0 Å². The molecule has 1 rings (SSSR count). The molecule has 0 N–H and O–H groups in total. The van der Waals surface area contributed by atoms with Crippen LogP contribution < -0.4 is 0 Å². The predicted octanol–water partition coefficient (Wildman–Crippen LogP) is 2.08. The summed E-state index contributed by atoms with van der Waals surface area (Å²) < 4.78 is 12.7. The van der Waals surface area contributed by atoms with E-state index in [1.54, 1.807) is 0 Å². The van der Waals surface area contributed by atoms with E-state index < -0.39 is 5.82 Å². The molecule has 0 radical (unpaired) electrons. The van der Waals surface area contributed by atoms with Gasteiger partial charge >= 0.3 is 0 Å². The molecule has 4 heteroatoms. The van der Waals surface area contributed by atoms with Crippen LogP contribution >= 0.6 is 11.6 Å². The van der Waals surface area contributed by atoms with Gasteiger partial charge in [-0.1, -0.05) is 11.6 Å². The van der Waals surface area contributed by atoms with Crippen LogP contribution in [-0.4, -0.2) is 10.8 Å². The number of rotatable bonds is 1. The van der Waals surface area contributed by atoms with Gasteiger partial charge in [0.15, 0.2) is 11.6 Å². The average Bonchev–Trinajstić information content (AvgIpc) is 1.94. The number of nitrogens with zero attached hydrogens (tertiary/aromatic N) is 1. The Labute approximate surface area is 68.0 Å². The van der Waals surface area contributed by atoms with Crippen molar-refractivity contribution >= 4 is 17.4 Å². The normalized spacial score (nSPS) is 9.73. The first-order chi connectivity index (χ1) is 5.11. The van der Waals surface area contributed by atoms with Crippen LogP contribution in [0.1, 0.15) is 17.3 Å². The van der Waals surface area contributed by atoms with Gasteiger partial charge in [0.05, 0.1) is 11.8 Å². The van der Waals surface area contributed by atoms with Gasteiger partial charge in [0.1, 0.15) is 5.15 Å². The first kappa shape index (κ1) is 8.14. The third-order valence-electron chi connectivity index (χ3n) is 1.20. The van der Waals surface area contributed by atoms with Gasteiger partial charge in [-0.25, -0.2) is 9.37 Å². The summed E-state index contributed by atoms with van der Waals surface area (Å²) in [6, 6.07) is 1.21. The second-order valence-electron chi connectivity index (χ2n) is 2.04. The number of pyridine rings is 1. The molecule has 0 spiro atoms. The molecule has 0 aliphatic rings. The molecule has 2 nitrogen and oxygen atoms in total. The summed E-state index contributed by atoms with van der Waals surface area (Å²) in [5, 5.41) is 0.122. The van der Waals surface area contributed by atoms with E-state index in [9.17, 15) is 9.18 Å². The van der Waals surface area contributed by atoms with Gasteiger partial charge in [0.25, 0.3) is 0 Å². The molecule has 0 unspecified atom stereocenters. The summed E-state index contributed by atoms with van der Waals surface area (Å²) in [6.45, 7) is 1.27. The highest BCUT2D eigenvalue weighted by Gasteiger charge is 2.07. The first-order valence-electron chi connectivity index (χ1n) is 2.93. The van der Waals surface area contributed by atoms with Crippen LogP contribution in [0.2, 0.25) is 5.15 Å². The number of Topliss-reactive ketones (excluding diaryl/α,β-unsaturated/α-hetero) is 1. The number of ketones is 1. The lowest BCUT2D eigenvalue weighted by Gasteiger charge is -1.96. The van der Waals surface area contributed by atoms with Crippen molar-refractivity contribution in [3.05, 3.63) is 28.8 Å². The van der Waals surface area contributed by atoms with Crippen molar-refractivity contribution in [2.75, 3.05) is 0 Å². The third kappa shape index (κ3) is 1.74. The minimum atomic E-state index is -0.637. The average molecular weight is 174 g/mol. The molecule has 0 fully saturated rings. The summed E-state index contributed by atoms with van der Waals surface area (Å²) in [4.78, 5) is 14.2. The lowest BCUT2D eigenvalue weighted by molar-refractivity contribution is 0.101. The SMILES string of the molecule is CC(=O)c1cc(Cl)ncc1F. The summed E-state index contributed by atoms with van der Waals surface area (Å²) in [7, 11) is 0. The molecule has 0 saturated carbocycles. The number of halogens is 2. The topological polar surface area (TPSA) is 30.0 Å². The fraction of sp³-hybridized carbons (Fsp3) is 0.143. The van der Waals surface area contributed by atoms with Crippen LogP contribution in [0, 0.1) is 5.82 Å². The molecule has 0 amide bonds. The van der Waals surface area contributed by atoms with E-state index in [2.05, 4.69) is 4.98 Å². The molecule has 1 heterocycles. The summed E-state index contributed by atoms with van der Waals surface area (Å²) in [6.07, 6.45) is 0.930. The lowest BCUT2D eigenvalue weighted by Crippen LogP contribution is -1.97. The maximum atomic E-state index is 12.7. The van der Waals surface area contributed by atoms with Gasteiger partial charge in [0.2, 0.25) is 0 Å². The van der Waals surface area contributed by atoms with Crippen LogP contribution in [-0.2, 0) is 0 Å². The Balaban J connectivity index is 3.23. The highest BCUT2D eigenvalue weighted by molar-refractivity contribution is 6.29. The third-order valence-corrected chi connectivity index (χ3v) is 1.41. The van der Waals surface area contributed by atoms with Crippen LogP contribution in [0.4, 0.5) is 4.39 Å². The number of carbonyl (C=O) groups is 1. The Morgan fingerprint density at radius 2 is 2.36 bits per heavy atom. The lowest BCUT2D eigenvalue weighted by atomic mass is 10.2. The first-order valence-corrected chi connectivity index (χ1v) is 3.31. The van der Waals surface area contributed by atoms with Crippen LogP contribution in [0.25, 0.3) is 0 Å². The molecule has 0 saturated heterocycles. The molecule has 11 heavy (non-hydrogen) atoms. The van der Waals surface area contributed by atoms with E-state index in [-0.39, 0.29) is 16.5 Å². The van der Waals surface area contributed by atoms with Crippen molar-refractivity contribution in [3.8, 4) is 0 Å². The quantitative estimate of drug-likeness (QED) is 0.481. The highest BCUT2D eigenvalue weighted by atomic mass is 35.5. The van der Waals surface area contributed by atoms with E-state index in [1.165, 1.54) is 13.0 Å². The Hall–Kier alpha value is -0.960. The Bertz CT molecular complexity index is 300. The zero-order chi connectivity index (χ0) is 8.43. The monoisotopic (exact) mass is 173 g/mol. The largest absolute Gasteiger partial charge is 0.294 e. The number of hydrogen-bond donors (Lipinski definition) is 0. The van der Waals surface area contributed by atoms with Crippen LogP contribution in [0.5, 0.6) is 0 Å². The molecule has 58 valence electrons. The Kier molecular flexibility index (Phi) is 2.19. The smallest absolute Gasteiger partial charge is 0.162 e. The van der Waals surface area contributed by atoms with Crippen molar-refractivity contribution in [2.45, 2.75) is 6.92 Å². The molecule has 0 aliphatic carbocycles. The number of hydrogen-bond acceptors (Lipinski definition) is 2. The molecular formula is C7H5ClFNO. The standard InChI is InChI=1S/C7H5ClFNO/c1-4(11)5-2-7(8)10-3-6(5)9/h2-3H,1H3. The Morgan fingerprint density at radius 1 is 1.73 bits per heavy atom. The molecule has 1 aromatic rings. The molecule has 0 aliphatic heterocycles. The maximum Gasteiger partial charge on any atom is 0.162 e. The molecule has 0 aromatic carbocycles. The maximum absolute atomic E-state index is 12.7. The van der Waals surface area contributed by atoms with Gasteiger partial charge in [-0.05, 0) is 13.0 Å². The van der Waals surface area contributed by atoms with E-state index in [0.717, 1.165) is 6.20 Å². The van der Waals surface area contributed by atoms with Crippen molar-refractivity contribution < 1.29 is 9.18 Å². The molecule has 0 bridgehead atoms. The molecule has 0 atom stereocenters. The van der Waals surface area contributed by atoms with Crippen molar-refractivity contribution in [1.29, 1.82) is 0 Å². The van der Waals surface area contributed by atoms with Crippen LogP contribution in [0.3, 0.4) is 0 Å². The predicted molar refractivity (Wildman–Crippen MR) is 39.2 cm³/mol. The summed E-state index contributed by atoms with van der Waals surface area (Å²) >= 11 is 5.43. The fourth-order valence-electron chi connectivity index (χ4n) is 0.683. The highest BCUT2D eigenvalue weighted by Crippen LogP contribution is 2.11. The van der Waals surface area contributed by atoms with Crippen LogP contribution in [0.15, 0.2) is 12.3 Å². The van der Waals surface area contributed by atoms with Gasteiger partial charge in [-0.3, -0.25) is 4.79 Å². The zero-order valence-electron chi connectivity index (χ0n) is 5.77. The second kappa shape index (κ2) is 2.96. The van der Waals surface area contributed by atoms with Gasteiger partial charge < -0.3 is 0 Å². The molecule has 1 aromatic heterocycles. The van der Waals surface area contributed by atoms with E-state index in [0.29, 0.717) is 0 Å². The number of aromatic nitrogens is 1. The Morgan fingerprint density at radius 3 is 2.82 bits per heavy atom. The van der Waals surface area contributed by atoms with Gasteiger partial charge in [-0.15, -0.1) is 0 Å². The van der Waals surface area contributed by atoms with Crippen molar-refractivity contribution in [1.82, 2.24) is 4.98 Å². The second-order valence-corrected chi connectivity index (χ2v) is 2.43. The number of carbonyl (C=O) groups excluding carboxylic acids is 1. The van der Waals surface area contributed by atoms with E-state index >= 15 is 0 Å². The fourth-order valence-corrected chi connectivity index (χ4v) is 0.841. The zero-order valence-corrected chi connectivity index (χ0v) is 6.52.